The first-order chi connectivity index (χ1) is 13.2. The Kier molecular flexibility index (Phi) is 5.29. The van der Waals surface area contributed by atoms with E-state index in [0.29, 0.717) is 31.2 Å². The Morgan fingerprint density at radius 3 is 2.70 bits per heavy atom. The quantitative estimate of drug-likeness (QED) is 0.658. The van der Waals surface area contributed by atoms with Gasteiger partial charge in [-0.15, -0.1) is 11.3 Å². The number of nitrogens with zero attached hydrogens (tertiary/aromatic N) is 3. The first kappa shape index (κ1) is 17.9. The van der Waals surface area contributed by atoms with E-state index in [9.17, 15) is 9.18 Å². The van der Waals surface area contributed by atoms with E-state index in [0.717, 1.165) is 24.8 Å². The third kappa shape index (κ3) is 4.24. The molecule has 5 nitrogen and oxygen atoms in total. The van der Waals surface area contributed by atoms with Crippen molar-refractivity contribution in [3.63, 3.8) is 0 Å². The fourth-order valence-corrected chi connectivity index (χ4v) is 4.05. The smallest absolute Gasteiger partial charge is 0.230 e. The molecule has 0 saturated carbocycles. The molecule has 0 N–H and O–H groups in total. The molecule has 1 saturated heterocycles. The van der Waals surface area contributed by atoms with Crippen LogP contribution in [0.15, 0.2) is 46.3 Å². The second-order valence-corrected chi connectivity index (χ2v) is 7.73. The minimum absolute atomic E-state index is 0.160. The number of carbonyl (C=O) groups excluding carboxylic acids is 1. The van der Waals surface area contributed by atoms with E-state index < -0.39 is 0 Å². The van der Waals surface area contributed by atoms with Gasteiger partial charge in [0.1, 0.15) is 5.82 Å². The minimum atomic E-state index is -0.293. The Morgan fingerprint density at radius 2 is 2.00 bits per heavy atom. The van der Waals surface area contributed by atoms with Gasteiger partial charge in [0.15, 0.2) is 0 Å². The second-order valence-electron chi connectivity index (χ2n) is 6.70. The van der Waals surface area contributed by atoms with Crippen LogP contribution >= 0.6 is 11.3 Å². The number of aromatic nitrogens is 2. The Labute approximate surface area is 160 Å². The Bertz CT molecular complexity index is 884. The van der Waals surface area contributed by atoms with Crippen LogP contribution in [-0.2, 0) is 11.2 Å². The van der Waals surface area contributed by atoms with E-state index in [4.69, 9.17) is 4.52 Å². The number of halogens is 1. The van der Waals surface area contributed by atoms with Crippen LogP contribution in [0.3, 0.4) is 0 Å². The Hall–Kier alpha value is -2.54. The molecule has 1 amide bonds. The Balaban J connectivity index is 1.31. The van der Waals surface area contributed by atoms with E-state index in [1.807, 2.05) is 16.3 Å². The number of likely N-dealkylation sites (tertiary alicyclic amines) is 1. The highest BCUT2D eigenvalue weighted by molar-refractivity contribution is 7.09. The maximum absolute atomic E-state index is 13.0. The van der Waals surface area contributed by atoms with Crippen molar-refractivity contribution < 1.29 is 13.7 Å². The third-order valence-electron chi connectivity index (χ3n) is 4.91. The van der Waals surface area contributed by atoms with Crippen LogP contribution in [-0.4, -0.2) is 34.0 Å². The Morgan fingerprint density at radius 1 is 1.22 bits per heavy atom. The number of benzene rings is 1. The minimum Gasteiger partial charge on any atom is -0.343 e. The van der Waals surface area contributed by atoms with Gasteiger partial charge in [-0.3, -0.25) is 4.79 Å². The molecule has 0 unspecified atom stereocenters. The summed E-state index contributed by atoms with van der Waals surface area (Å²) in [5.74, 6) is 1.14. The van der Waals surface area contributed by atoms with Crippen LogP contribution in [0.5, 0.6) is 0 Å². The summed E-state index contributed by atoms with van der Waals surface area (Å²) >= 11 is 1.69. The standard InChI is InChI=1S/C20H20FN3O2S/c21-16-5-3-14(4-6-16)19-22-20(26-23-19)15-9-11-24(12-10-15)18(25)8-7-17-2-1-13-27-17/h1-6,13,15H,7-12H2. The van der Waals surface area contributed by atoms with Gasteiger partial charge in [-0.25, -0.2) is 4.39 Å². The van der Waals surface area contributed by atoms with Crippen molar-refractivity contribution in [3.05, 3.63) is 58.4 Å². The second kappa shape index (κ2) is 8.00. The zero-order valence-electron chi connectivity index (χ0n) is 14.8. The number of amides is 1. The molecule has 1 aliphatic rings. The van der Waals surface area contributed by atoms with E-state index in [-0.39, 0.29) is 17.6 Å². The average Bonchev–Trinajstić information content (AvgIpc) is 3.39. The molecule has 3 heterocycles. The van der Waals surface area contributed by atoms with Crippen molar-refractivity contribution in [2.45, 2.75) is 31.6 Å². The summed E-state index contributed by atoms with van der Waals surface area (Å²) in [6.07, 6.45) is 2.99. The number of aryl methyl sites for hydroxylation is 1. The van der Waals surface area contributed by atoms with Gasteiger partial charge >= 0.3 is 0 Å². The summed E-state index contributed by atoms with van der Waals surface area (Å²) in [4.78, 5) is 20.1. The lowest BCUT2D eigenvalue weighted by Gasteiger charge is -2.30. The van der Waals surface area contributed by atoms with Crippen molar-refractivity contribution in [2.24, 2.45) is 0 Å². The molecule has 2 aromatic heterocycles. The fraction of sp³-hybridized carbons (Fsp3) is 0.350. The summed E-state index contributed by atoms with van der Waals surface area (Å²) in [7, 11) is 0. The zero-order valence-corrected chi connectivity index (χ0v) is 15.6. The molecular weight excluding hydrogens is 365 g/mol. The van der Waals surface area contributed by atoms with Gasteiger partial charge in [0, 0.05) is 35.9 Å². The summed E-state index contributed by atoms with van der Waals surface area (Å²) < 4.78 is 18.5. The highest BCUT2D eigenvalue weighted by Gasteiger charge is 2.27. The summed E-state index contributed by atoms with van der Waals surface area (Å²) in [5.41, 5.74) is 0.729. The highest BCUT2D eigenvalue weighted by atomic mass is 32.1. The molecule has 1 aliphatic heterocycles. The predicted octanol–water partition coefficient (Wildman–Crippen LogP) is 4.28. The lowest BCUT2D eigenvalue weighted by Crippen LogP contribution is -2.38. The molecule has 3 aromatic rings. The van der Waals surface area contributed by atoms with Crippen LogP contribution in [0.25, 0.3) is 11.4 Å². The molecule has 0 aliphatic carbocycles. The normalized spacial score (nSPS) is 15.2. The fourth-order valence-electron chi connectivity index (χ4n) is 3.34. The van der Waals surface area contributed by atoms with Crippen molar-refractivity contribution >= 4 is 17.2 Å². The molecule has 1 aromatic carbocycles. The number of carbonyl (C=O) groups is 1. The number of thiophene rings is 1. The lowest BCUT2D eigenvalue weighted by molar-refractivity contribution is -0.132. The third-order valence-corrected chi connectivity index (χ3v) is 5.84. The predicted molar refractivity (Wildman–Crippen MR) is 101 cm³/mol. The molecule has 7 heteroatoms. The topological polar surface area (TPSA) is 59.2 Å². The van der Waals surface area contributed by atoms with Crippen molar-refractivity contribution in [1.82, 2.24) is 15.0 Å². The number of hydrogen-bond donors (Lipinski definition) is 0. The molecule has 140 valence electrons. The molecule has 0 radical (unpaired) electrons. The summed E-state index contributed by atoms with van der Waals surface area (Å²) in [6.45, 7) is 1.42. The first-order valence-corrected chi connectivity index (χ1v) is 9.97. The summed E-state index contributed by atoms with van der Waals surface area (Å²) in [6, 6.07) is 10.1. The maximum Gasteiger partial charge on any atom is 0.230 e. The monoisotopic (exact) mass is 385 g/mol. The molecular formula is C20H20FN3O2S. The first-order valence-electron chi connectivity index (χ1n) is 9.09. The van der Waals surface area contributed by atoms with Crippen molar-refractivity contribution in [1.29, 1.82) is 0 Å². The van der Waals surface area contributed by atoms with Crippen LogP contribution < -0.4 is 0 Å². The van der Waals surface area contributed by atoms with Gasteiger partial charge in [-0.1, -0.05) is 11.2 Å². The van der Waals surface area contributed by atoms with Crippen molar-refractivity contribution in [3.8, 4) is 11.4 Å². The molecule has 0 spiro atoms. The van der Waals surface area contributed by atoms with Gasteiger partial charge < -0.3 is 9.42 Å². The molecule has 27 heavy (non-hydrogen) atoms. The number of piperidine rings is 1. The SMILES string of the molecule is O=C(CCc1cccs1)N1CCC(c2nc(-c3ccc(F)cc3)no2)CC1. The van der Waals surface area contributed by atoms with Gasteiger partial charge in [0.2, 0.25) is 17.6 Å². The highest BCUT2D eigenvalue weighted by Crippen LogP contribution is 2.29. The molecule has 0 atom stereocenters. The largest absolute Gasteiger partial charge is 0.343 e. The van der Waals surface area contributed by atoms with Crippen molar-refractivity contribution in [2.75, 3.05) is 13.1 Å². The van der Waals surface area contributed by atoms with Gasteiger partial charge in [-0.2, -0.15) is 4.98 Å². The number of hydrogen-bond acceptors (Lipinski definition) is 5. The van der Waals surface area contributed by atoms with Crippen LogP contribution in [0, 0.1) is 5.82 Å². The van der Waals surface area contributed by atoms with E-state index in [1.165, 1.54) is 17.0 Å². The van der Waals surface area contributed by atoms with Crippen LogP contribution in [0.4, 0.5) is 4.39 Å². The van der Waals surface area contributed by atoms with Crippen LogP contribution in [0.2, 0.25) is 0 Å². The van der Waals surface area contributed by atoms with Gasteiger partial charge in [0.05, 0.1) is 0 Å². The number of rotatable bonds is 5. The van der Waals surface area contributed by atoms with E-state index in [2.05, 4.69) is 16.2 Å². The zero-order chi connectivity index (χ0) is 18.6. The van der Waals surface area contributed by atoms with Gasteiger partial charge in [-0.05, 0) is 55.0 Å². The molecule has 0 bridgehead atoms. The maximum atomic E-state index is 13.0. The van der Waals surface area contributed by atoms with E-state index in [1.54, 1.807) is 23.5 Å². The summed E-state index contributed by atoms with van der Waals surface area (Å²) in [5, 5.41) is 6.05. The lowest BCUT2D eigenvalue weighted by atomic mass is 9.96. The molecule has 1 fully saturated rings. The average molecular weight is 385 g/mol. The van der Waals surface area contributed by atoms with Crippen LogP contribution in [0.1, 0.15) is 35.9 Å². The molecule has 4 rings (SSSR count). The van der Waals surface area contributed by atoms with E-state index >= 15 is 0 Å². The van der Waals surface area contributed by atoms with Gasteiger partial charge in [0.25, 0.3) is 0 Å².